The zero-order chi connectivity index (χ0) is 10.3. The lowest BCUT2D eigenvalue weighted by atomic mass is 10.2. The number of H-pyrrole nitrogens is 1. The molecular formula is C11H15Cl2N3O. The standard InChI is InChI=1S/C11H13N3O.2ClH/c12-7-3-4-8-9(6-7)14-11(13-8)10-2-1-5-15-10;;/h3-4,6,10H,1-2,5,12H2,(H,13,14);2*1H. The summed E-state index contributed by atoms with van der Waals surface area (Å²) in [7, 11) is 0. The predicted octanol–water partition coefficient (Wildman–Crippen LogP) is 2.84. The number of benzene rings is 1. The Hall–Kier alpha value is -0.970. The number of fused-ring (bicyclic) bond motifs is 1. The summed E-state index contributed by atoms with van der Waals surface area (Å²) in [5.74, 6) is 0.924. The number of anilines is 1. The van der Waals surface area contributed by atoms with Gasteiger partial charge in [-0.1, -0.05) is 0 Å². The van der Waals surface area contributed by atoms with E-state index in [4.69, 9.17) is 10.5 Å². The van der Waals surface area contributed by atoms with Crippen LogP contribution in [0.15, 0.2) is 18.2 Å². The summed E-state index contributed by atoms with van der Waals surface area (Å²) in [5.41, 5.74) is 8.40. The average Bonchev–Trinajstić information content (AvgIpc) is 2.84. The summed E-state index contributed by atoms with van der Waals surface area (Å²) in [6.45, 7) is 0.837. The Morgan fingerprint density at radius 3 is 2.88 bits per heavy atom. The van der Waals surface area contributed by atoms with Crippen molar-refractivity contribution in [2.75, 3.05) is 12.3 Å². The molecule has 1 unspecified atom stereocenters. The summed E-state index contributed by atoms with van der Waals surface area (Å²) >= 11 is 0. The number of nitrogens with one attached hydrogen (secondary N) is 1. The van der Waals surface area contributed by atoms with E-state index in [2.05, 4.69) is 9.97 Å². The number of aromatic amines is 1. The number of hydrogen-bond acceptors (Lipinski definition) is 3. The molecule has 1 aromatic heterocycles. The van der Waals surface area contributed by atoms with Gasteiger partial charge < -0.3 is 15.5 Å². The second kappa shape index (κ2) is 5.58. The molecule has 0 saturated carbocycles. The first-order chi connectivity index (χ1) is 7.33. The Morgan fingerprint density at radius 2 is 2.18 bits per heavy atom. The van der Waals surface area contributed by atoms with Crippen LogP contribution in [0.2, 0.25) is 0 Å². The maximum atomic E-state index is 5.71. The molecule has 0 radical (unpaired) electrons. The number of ether oxygens (including phenoxy) is 1. The summed E-state index contributed by atoms with van der Waals surface area (Å²) in [6.07, 6.45) is 2.30. The molecule has 1 aliphatic heterocycles. The molecule has 0 amide bonds. The summed E-state index contributed by atoms with van der Waals surface area (Å²) in [6, 6.07) is 5.70. The third-order valence-electron chi connectivity index (χ3n) is 2.76. The third-order valence-corrected chi connectivity index (χ3v) is 2.76. The van der Waals surface area contributed by atoms with Gasteiger partial charge in [-0.25, -0.2) is 4.98 Å². The van der Waals surface area contributed by atoms with E-state index in [1.165, 1.54) is 0 Å². The molecular weight excluding hydrogens is 261 g/mol. The van der Waals surface area contributed by atoms with Gasteiger partial charge >= 0.3 is 0 Å². The fourth-order valence-corrected chi connectivity index (χ4v) is 1.99. The molecule has 94 valence electrons. The first kappa shape index (κ1) is 14.1. The first-order valence-corrected chi connectivity index (χ1v) is 5.20. The quantitative estimate of drug-likeness (QED) is 0.787. The number of halogens is 2. The SMILES string of the molecule is Cl.Cl.Nc1ccc2nc(C3CCCO3)[nH]c2c1. The second-order valence-electron chi connectivity index (χ2n) is 3.90. The van der Waals surface area contributed by atoms with Crippen molar-refractivity contribution in [1.29, 1.82) is 0 Å². The van der Waals surface area contributed by atoms with Crippen molar-refractivity contribution in [3.63, 3.8) is 0 Å². The van der Waals surface area contributed by atoms with Crippen LogP contribution in [0, 0.1) is 0 Å². The summed E-state index contributed by atoms with van der Waals surface area (Å²) < 4.78 is 5.57. The Bertz CT molecular complexity index is 494. The molecule has 0 spiro atoms. The fraction of sp³-hybridized carbons (Fsp3) is 0.364. The van der Waals surface area contributed by atoms with Gasteiger partial charge in [0.2, 0.25) is 0 Å². The van der Waals surface area contributed by atoms with E-state index in [1.807, 2.05) is 18.2 Å². The van der Waals surface area contributed by atoms with Gasteiger partial charge in [0.15, 0.2) is 0 Å². The van der Waals surface area contributed by atoms with Crippen molar-refractivity contribution in [1.82, 2.24) is 9.97 Å². The molecule has 2 aromatic rings. The van der Waals surface area contributed by atoms with Crippen LogP contribution >= 0.6 is 24.8 Å². The van der Waals surface area contributed by atoms with E-state index in [0.29, 0.717) is 0 Å². The highest BCUT2D eigenvalue weighted by molar-refractivity contribution is 5.85. The van der Waals surface area contributed by atoms with E-state index in [1.54, 1.807) is 0 Å². The molecule has 1 fully saturated rings. The number of imidazole rings is 1. The largest absolute Gasteiger partial charge is 0.399 e. The number of nitrogen functional groups attached to an aromatic ring is 1. The summed E-state index contributed by atoms with van der Waals surface area (Å²) in [5, 5.41) is 0. The van der Waals surface area contributed by atoms with Crippen LogP contribution in [-0.2, 0) is 4.74 Å². The van der Waals surface area contributed by atoms with E-state index in [0.717, 1.165) is 42.0 Å². The fourth-order valence-electron chi connectivity index (χ4n) is 1.99. The molecule has 1 aromatic carbocycles. The van der Waals surface area contributed by atoms with Crippen molar-refractivity contribution in [3.8, 4) is 0 Å². The van der Waals surface area contributed by atoms with Crippen molar-refractivity contribution >= 4 is 41.5 Å². The number of rotatable bonds is 1. The van der Waals surface area contributed by atoms with E-state index < -0.39 is 0 Å². The topological polar surface area (TPSA) is 63.9 Å². The van der Waals surface area contributed by atoms with Gasteiger partial charge in [-0.3, -0.25) is 0 Å². The van der Waals surface area contributed by atoms with Crippen LogP contribution in [0.25, 0.3) is 11.0 Å². The molecule has 0 aliphatic carbocycles. The number of nitrogens with zero attached hydrogens (tertiary/aromatic N) is 1. The zero-order valence-electron chi connectivity index (χ0n) is 9.18. The van der Waals surface area contributed by atoms with Gasteiger partial charge in [0, 0.05) is 12.3 Å². The molecule has 3 N–H and O–H groups in total. The number of nitrogens with two attached hydrogens (primary N) is 1. The second-order valence-corrected chi connectivity index (χ2v) is 3.90. The van der Waals surface area contributed by atoms with Crippen LogP contribution in [0.3, 0.4) is 0 Å². The lowest BCUT2D eigenvalue weighted by Crippen LogP contribution is -1.97. The van der Waals surface area contributed by atoms with Gasteiger partial charge in [-0.2, -0.15) is 0 Å². The smallest absolute Gasteiger partial charge is 0.136 e. The van der Waals surface area contributed by atoms with Crippen molar-refractivity contribution in [2.45, 2.75) is 18.9 Å². The zero-order valence-corrected chi connectivity index (χ0v) is 10.8. The normalized spacial score (nSPS) is 18.7. The Kier molecular flexibility index (Phi) is 4.62. The molecule has 1 atom stereocenters. The van der Waals surface area contributed by atoms with E-state index >= 15 is 0 Å². The van der Waals surface area contributed by atoms with Gasteiger partial charge in [0.1, 0.15) is 11.9 Å². The monoisotopic (exact) mass is 275 g/mol. The molecule has 1 saturated heterocycles. The number of aromatic nitrogens is 2. The molecule has 0 bridgehead atoms. The minimum atomic E-state index is 0. The Morgan fingerprint density at radius 1 is 1.35 bits per heavy atom. The number of hydrogen-bond donors (Lipinski definition) is 2. The van der Waals surface area contributed by atoms with E-state index in [-0.39, 0.29) is 30.9 Å². The van der Waals surface area contributed by atoms with Gasteiger partial charge in [-0.15, -0.1) is 24.8 Å². The highest BCUT2D eigenvalue weighted by Crippen LogP contribution is 2.28. The first-order valence-electron chi connectivity index (χ1n) is 5.20. The average molecular weight is 276 g/mol. The highest BCUT2D eigenvalue weighted by Gasteiger charge is 2.20. The lowest BCUT2D eigenvalue weighted by Gasteiger charge is -2.03. The summed E-state index contributed by atoms with van der Waals surface area (Å²) in [4.78, 5) is 7.76. The minimum absolute atomic E-state index is 0. The molecule has 17 heavy (non-hydrogen) atoms. The van der Waals surface area contributed by atoms with Crippen molar-refractivity contribution in [2.24, 2.45) is 0 Å². The van der Waals surface area contributed by atoms with Crippen LogP contribution < -0.4 is 5.73 Å². The molecule has 6 heteroatoms. The predicted molar refractivity (Wildman–Crippen MR) is 72.9 cm³/mol. The maximum Gasteiger partial charge on any atom is 0.136 e. The van der Waals surface area contributed by atoms with Gasteiger partial charge in [-0.05, 0) is 31.0 Å². The van der Waals surface area contributed by atoms with Crippen molar-refractivity contribution < 1.29 is 4.74 Å². The van der Waals surface area contributed by atoms with Gasteiger partial charge in [0.25, 0.3) is 0 Å². The Labute approximate surface area is 112 Å². The van der Waals surface area contributed by atoms with Crippen molar-refractivity contribution in [3.05, 3.63) is 24.0 Å². The van der Waals surface area contributed by atoms with Gasteiger partial charge in [0.05, 0.1) is 11.0 Å². The molecule has 4 nitrogen and oxygen atoms in total. The Balaban J connectivity index is 0.000000722. The van der Waals surface area contributed by atoms with Crippen LogP contribution in [0.1, 0.15) is 24.8 Å². The molecule has 2 heterocycles. The van der Waals surface area contributed by atoms with Crippen LogP contribution in [0.4, 0.5) is 5.69 Å². The maximum absolute atomic E-state index is 5.71. The minimum Gasteiger partial charge on any atom is -0.399 e. The van der Waals surface area contributed by atoms with Crippen LogP contribution in [0.5, 0.6) is 0 Å². The molecule has 1 aliphatic rings. The molecule has 3 rings (SSSR count). The lowest BCUT2D eigenvalue weighted by molar-refractivity contribution is 0.106. The van der Waals surface area contributed by atoms with Crippen LogP contribution in [-0.4, -0.2) is 16.6 Å². The highest BCUT2D eigenvalue weighted by atomic mass is 35.5. The third kappa shape index (κ3) is 2.65. The van der Waals surface area contributed by atoms with E-state index in [9.17, 15) is 0 Å².